The summed E-state index contributed by atoms with van der Waals surface area (Å²) in [7, 11) is 0. The van der Waals surface area contributed by atoms with E-state index in [4.69, 9.17) is 30.8 Å². The number of halogens is 4. The Morgan fingerprint density at radius 2 is 1.81 bits per heavy atom. The molecule has 0 unspecified atom stereocenters. The summed E-state index contributed by atoms with van der Waals surface area (Å²) in [5.74, 6) is -1.24. The maximum Gasteiger partial charge on any atom is 0.490 e. The van der Waals surface area contributed by atoms with Crippen LogP contribution < -0.4 is 4.74 Å². The van der Waals surface area contributed by atoms with E-state index in [9.17, 15) is 18.3 Å². The molecule has 11 heteroatoms. The standard InChI is InChI=1S/C18H15ClN2O3.C2HF3O2/c19-13-3-1-11(2-4-13)12-7-15(8-12)23-14-5-6-16(20-10-14)17-9-18(22)21-24-17;3-2(4,5)1(6)7/h1-6,9-10,12,15H,7-8H2,(H,21,22);(H,6,7)/t12-,15+;. The fourth-order valence-corrected chi connectivity index (χ4v) is 2.97. The quantitative estimate of drug-likeness (QED) is 0.565. The smallest absolute Gasteiger partial charge is 0.490 e. The number of hydrogen-bond donors (Lipinski definition) is 2. The minimum absolute atomic E-state index is 0.158. The average Bonchev–Trinajstić information content (AvgIpc) is 3.12. The van der Waals surface area contributed by atoms with Gasteiger partial charge in [0.05, 0.1) is 18.4 Å². The Labute approximate surface area is 179 Å². The van der Waals surface area contributed by atoms with Crippen LogP contribution in [0.1, 0.15) is 24.3 Å². The Bertz CT molecular complexity index is 1020. The summed E-state index contributed by atoms with van der Waals surface area (Å²) in [6.07, 6.45) is -1.25. The number of nitrogens with zero attached hydrogens (tertiary/aromatic N) is 2. The first-order valence-corrected chi connectivity index (χ1v) is 9.34. The van der Waals surface area contributed by atoms with Gasteiger partial charge in [-0.05, 0) is 53.7 Å². The lowest BCUT2D eigenvalue weighted by molar-refractivity contribution is -0.192. The maximum absolute atomic E-state index is 10.6. The molecular weight excluding hydrogens is 441 g/mol. The predicted molar refractivity (Wildman–Crippen MR) is 103 cm³/mol. The monoisotopic (exact) mass is 456 g/mol. The highest BCUT2D eigenvalue weighted by Gasteiger charge is 2.38. The van der Waals surface area contributed by atoms with Gasteiger partial charge in [-0.25, -0.2) is 9.78 Å². The molecule has 0 aliphatic heterocycles. The second-order valence-corrected chi connectivity index (χ2v) is 7.13. The van der Waals surface area contributed by atoms with Crippen LogP contribution in [0.15, 0.2) is 53.2 Å². The predicted octanol–water partition coefficient (Wildman–Crippen LogP) is 5.05. The van der Waals surface area contributed by atoms with Crippen LogP contribution in [0.4, 0.5) is 13.2 Å². The highest BCUT2D eigenvalue weighted by molar-refractivity contribution is 6.30. The van der Waals surface area contributed by atoms with E-state index < -0.39 is 12.1 Å². The topological polar surface area (TPSA) is 106 Å². The van der Waals surface area contributed by atoms with Crippen molar-refractivity contribution >= 4 is 17.6 Å². The van der Waals surface area contributed by atoms with E-state index >= 15 is 0 Å². The second kappa shape index (κ2) is 9.25. The molecule has 1 fully saturated rings. The van der Waals surface area contributed by atoms with Gasteiger partial charge in [-0.1, -0.05) is 23.7 Å². The highest BCUT2D eigenvalue weighted by atomic mass is 35.5. The summed E-state index contributed by atoms with van der Waals surface area (Å²) in [6, 6.07) is 13.1. The van der Waals surface area contributed by atoms with Gasteiger partial charge in [0, 0.05) is 5.02 Å². The molecular formula is C20H16ClF3N2O5. The van der Waals surface area contributed by atoms with E-state index in [2.05, 4.69) is 22.3 Å². The van der Waals surface area contributed by atoms with Gasteiger partial charge in [0.2, 0.25) is 0 Å². The van der Waals surface area contributed by atoms with Crippen LogP contribution >= 0.6 is 11.6 Å². The molecule has 2 N–H and O–H groups in total. The molecule has 31 heavy (non-hydrogen) atoms. The van der Waals surface area contributed by atoms with Crippen LogP contribution in [0, 0.1) is 0 Å². The summed E-state index contributed by atoms with van der Waals surface area (Å²) < 4.78 is 42.6. The molecule has 2 heterocycles. The largest absolute Gasteiger partial charge is 0.491 e. The molecule has 1 saturated carbocycles. The van der Waals surface area contributed by atoms with Crippen LogP contribution in [0.5, 0.6) is 11.6 Å². The van der Waals surface area contributed by atoms with Gasteiger partial charge in [-0.3, -0.25) is 0 Å². The van der Waals surface area contributed by atoms with Gasteiger partial charge in [0.1, 0.15) is 11.4 Å². The molecule has 1 aliphatic rings. The fraction of sp³-hybridized carbons (Fsp3) is 0.250. The number of aliphatic carboxylic acids is 1. The number of ether oxygens (including phenoxy) is 1. The van der Waals surface area contributed by atoms with Crippen LogP contribution in [0.3, 0.4) is 0 Å². The molecule has 164 valence electrons. The first kappa shape index (κ1) is 22.4. The minimum atomic E-state index is -5.08. The van der Waals surface area contributed by atoms with E-state index in [0.29, 0.717) is 17.4 Å². The zero-order valence-corrected chi connectivity index (χ0v) is 16.5. The van der Waals surface area contributed by atoms with Crippen molar-refractivity contribution in [3.8, 4) is 23.1 Å². The van der Waals surface area contributed by atoms with E-state index in [1.54, 1.807) is 12.3 Å². The number of benzene rings is 1. The molecule has 7 nitrogen and oxygen atoms in total. The third-order valence-corrected chi connectivity index (χ3v) is 4.72. The molecule has 2 aromatic heterocycles. The number of alkyl halides is 3. The zero-order valence-electron chi connectivity index (χ0n) is 15.7. The van der Waals surface area contributed by atoms with Crippen LogP contribution in [0.2, 0.25) is 5.02 Å². The summed E-state index contributed by atoms with van der Waals surface area (Å²) in [6.45, 7) is 0. The van der Waals surface area contributed by atoms with Crippen molar-refractivity contribution < 1.29 is 37.4 Å². The normalized spacial score (nSPS) is 17.8. The Morgan fingerprint density at radius 3 is 2.29 bits per heavy atom. The van der Waals surface area contributed by atoms with Crippen molar-refractivity contribution in [3.05, 3.63) is 59.2 Å². The first-order valence-electron chi connectivity index (χ1n) is 8.96. The third-order valence-electron chi connectivity index (χ3n) is 4.47. The van der Waals surface area contributed by atoms with E-state index in [0.717, 1.165) is 23.6 Å². The van der Waals surface area contributed by atoms with Gasteiger partial charge in [-0.2, -0.15) is 13.2 Å². The molecule has 0 atom stereocenters. The van der Waals surface area contributed by atoms with Gasteiger partial charge in [0.25, 0.3) is 5.88 Å². The second-order valence-electron chi connectivity index (χ2n) is 6.69. The summed E-state index contributed by atoms with van der Waals surface area (Å²) in [5.41, 5.74) is 1.90. The molecule has 3 aromatic rings. The summed E-state index contributed by atoms with van der Waals surface area (Å²) in [5, 5.41) is 20.5. The average molecular weight is 457 g/mol. The lowest BCUT2D eigenvalue weighted by Crippen LogP contribution is -2.32. The van der Waals surface area contributed by atoms with E-state index in [1.807, 2.05) is 18.2 Å². The Balaban J connectivity index is 0.000000339. The maximum atomic E-state index is 10.6. The molecule has 0 spiro atoms. The number of carboxylic acids is 1. The Morgan fingerprint density at radius 1 is 1.16 bits per heavy atom. The number of aromatic hydroxyl groups is 1. The molecule has 4 rings (SSSR count). The van der Waals surface area contributed by atoms with Gasteiger partial charge in [0.15, 0.2) is 5.76 Å². The number of carbonyl (C=O) groups is 1. The first-order chi connectivity index (χ1) is 14.6. The van der Waals surface area contributed by atoms with Crippen molar-refractivity contribution in [3.63, 3.8) is 0 Å². The van der Waals surface area contributed by atoms with Crippen LogP contribution in [-0.4, -0.2) is 38.6 Å². The van der Waals surface area contributed by atoms with Crippen molar-refractivity contribution in [1.29, 1.82) is 0 Å². The number of pyridine rings is 1. The molecule has 0 bridgehead atoms. The molecule has 0 saturated heterocycles. The molecule has 0 radical (unpaired) electrons. The molecule has 1 aromatic carbocycles. The Hall–Kier alpha value is -3.27. The lowest BCUT2D eigenvalue weighted by Gasteiger charge is -2.35. The molecule has 0 amide bonds. The highest BCUT2D eigenvalue weighted by Crippen LogP contribution is 2.39. The number of rotatable bonds is 4. The van der Waals surface area contributed by atoms with Gasteiger partial charge in [-0.15, -0.1) is 0 Å². The Kier molecular flexibility index (Phi) is 6.69. The number of aromatic nitrogens is 2. The minimum Gasteiger partial charge on any atom is -0.491 e. The SMILES string of the molecule is O=C(O)C(F)(F)F.Oc1cc(-c2ccc(O[C@H]3C[C@@H](c4ccc(Cl)cc4)C3)cn2)on1. The van der Waals surface area contributed by atoms with Gasteiger partial charge >= 0.3 is 12.1 Å². The fourth-order valence-electron chi connectivity index (χ4n) is 2.84. The molecule has 1 aliphatic carbocycles. The van der Waals surface area contributed by atoms with Crippen molar-refractivity contribution in [2.75, 3.05) is 0 Å². The van der Waals surface area contributed by atoms with E-state index in [-0.39, 0.29) is 12.0 Å². The number of carboxylic acid groups (broad SMARTS) is 1. The zero-order chi connectivity index (χ0) is 22.6. The van der Waals surface area contributed by atoms with Crippen LogP contribution in [-0.2, 0) is 4.79 Å². The van der Waals surface area contributed by atoms with Crippen molar-refractivity contribution in [1.82, 2.24) is 10.1 Å². The van der Waals surface area contributed by atoms with Crippen LogP contribution in [0.25, 0.3) is 11.5 Å². The lowest BCUT2D eigenvalue weighted by atomic mass is 9.77. The summed E-state index contributed by atoms with van der Waals surface area (Å²) >= 11 is 5.92. The van der Waals surface area contributed by atoms with Crippen molar-refractivity contribution in [2.45, 2.75) is 31.0 Å². The van der Waals surface area contributed by atoms with Gasteiger partial charge < -0.3 is 19.5 Å². The van der Waals surface area contributed by atoms with Crippen molar-refractivity contribution in [2.24, 2.45) is 0 Å². The summed E-state index contributed by atoms with van der Waals surface area (Å²) in [4.78, 5) is 13.2. The number of hydrogen-bond acceptors (Lipinski definition) is 6. The third kappa shape index (κ3) is 6.11. The van der Waals surface area contributed by atoms with E-state index in [1.165, 1.54) is 11.6 Å².